The Bertz CT molecular complexity index is 1600. The Morgan fingerprint density at radius 1 is 0.857 bits per heavy atom. The summed E-state index contributed by atoms with van der Waals surface area (Å²) in [4.78, 5) is 61.9. The minimum absolute atomic E-state index is 0.0436. The van der Waals surface area contributed by atoms with Gasteiger partial charge in [-0.25, -0.2) is 9.69 Å². The molecule has 3 aliphatic heterocycles. The Kier molecular flexibility index (Phi) is 6.46. The summed E-state index contributed by atoms with van der Waals surface area (Å²) in [5.74, 6) is -2.76. The summed E-state index contributed by atoms with van der Waals surface area (Å²) in [5.41, 5.74) is 0.292. The Morgan fingerprint density at radius 2 is 1.48 bits per heavy atom. The molecule has 3 saturated heterocycles. The van der Waals surface area contributed by atoms with Gasteiger partial charge in [0, 0.05) is 17.0 Å². The molecule has 216 valence electrons. The van der Waals surface area contributed by atoms with Gasteiger partial charge in [-0.1, -0.05) is 53.6 Å². The lowest BCUT2D eigenvalue weighted by atomic mass is 9.75. The van der Waals surface area contributed by atoms with Crippen LogP contribution in [0.1, 0.15) is 43.5 Å². The molecule has 0 aromatic heterocycles. The molecule has 0 spiro atoms. The molecule has 0 N–H and O–H groups in total. The largest absolute Gasteiger partial charge is 0.497 e. The van der Waals surface area contributed by atoms with Crippen molar-refractivity contribution < 1.29 is 23.9 Å². The summed E-state index contributed by atoms with van der Waals surface area (Å²) in [7, 11) is 1.56. The number of urea groups is 1. The third-order valence-electron chi connectivity index (χ3n) is 8.69. The number of anilines is 1. The van der Waals surface area contributed by atoms with Crippen LogP contribution in [0.5, 0.6) is 5.75 Å². The number of imide groups is 2. The highest BCUT2D eigenvalue weighted by atomic mass is 35.5. The lowest BCUT2D eigenvalue weighted by Gasteiger charge is -2.38. The van der Waals surface area contributed by atoms with Crippen LogP contribution in [0.2, 0.25) is 5.02 Å². The lowest BCUT2D eigenvalue weighted by Crippen LogP contribution is -2.57. The molecule has 6 rings (SSSR count). The number of methoxy groups -OCH3 is 1. The number of likely N-dealkylation sites (tertiary alicyclic amines) is 1. The summed E-state index contributed by atoms with van der Waals surface area (Å²) in [6.07, 6.45) is 0.0436. The zero-order chi connectivity index (χ0) is 30.1. The Morgan fingerprint density at radius 3 is 2.05 bits per heavy atom. The van der Waals surface area contributed by atoms with Crippen molar-refractivity contribution in [2.24, 2.45) is 11.8 Å². The third-order valence-corrected chi connectivity index (χ3v) is 8.94. The maximum absolute atomic E-state index is 14.8. The number of ether oxygens (including phenoxy) is 1. The fourth-order valence-electron chi connectivity index (χ4n) is 6.91. The molecule has 9 heteroatoms. The van der Waals surface area contributed by atoms with Crippen molar-refractivity contribution >= 4 is 41.0 Å². The first-order chi connectivity index (χ1) is 19.9. The predicted octanol–water partition coefficient (Wildman–Crippen LogP) is 5.56. The second-order valence-electron chi connectivity index (χ2n) is 12.3. The van der Waals surface area contributed by atoms with Gasteiger partial charge >= 0.3 is 6.03 Å². The van der Waals surface area contributed by atoms with E-state index in [1.165, 1.54) is 14.7 Å². The van der Waals surface area contributed by atoms with Gasteiger partial charge in [0.1, 0.15) is 11.3 Å². The highest BCUT2D eigenvalue weighted by Crippen LogP contribution is 2.60. The Hall–Kier alpha value is -4.17. The lowest BCUT2D eigenvalue weighted by molar-refractivity contribution is -0.149. The molecule has 0 saturated carbocycles. The highest BCUT2D eigenvalue weighted by Gasteiger charge is 2.77. The van der Waals surface area contributed by atoms with Gasteiger partial charge in [0.2, 0.25) is 11.8 Å². The summed E-state index contributed by atoms with van der Waals surface area (Å²) in [6.45, 7) is 7.33. The first-order valence-electron chi connectivity index (χ1n) is 13.9. The molecule has 3 aromatic carbocycles. The number of carbonyl (C=O) groups excluding carboxylic acids is 4. The Balaban J connectivity index is 1.61. The van der Waals surface area contributed by atoms with Gasteiger partial charge in [0.05, 0.1) is 30.7 Å². The molecule has 3 aromatic rings. The molecular weight excluding hydrogens is 554 g/mol. The number of benzene rings is 3. The van der Waals surface area contributed by atoms with E-state index in [0.717, 1.165) is 11.1 Å². The molecule has 3 unspecified atom stereocenters. The number of amides is 5. The van der Waals surface area contributed by atoms with Crippen molar-refractivity contribution in [3.63, 3.8) is 0 Å². The number of aryl methyl sites for hydroxylation is 1. The second-order valence-corrected chi connectivity index (χ2v) is 12.7. The zero-order valence-electron chi connectivity index (χ0n) is 24.1. The van der Waals surface area contributed by atoms with E-state index in [2.05, 4.69) is 0 Å². The second kappa shape index (κ2) is 9.70. The number of hydrogen-bond donors (Lipinski definition) is 0. The minimum atomic E-state index is -1.64. The van der Waals surface area contributed by atoms with Gasteiger partial charge in [-0.2, -0.15) is 0 Å². The first kappa shape index (κ1) is 28.0. The van der Waals surface area contributed by atoms with Crippen LogP contribution in [-0.2, 0) is 20.8 Å². The minimum Gasteiger partial charge on any atom is -0.497 e. The molecule has 8 nitrogen and oxygen atoms in total. The fourth-order valence-corrected chi connectivity index (χ4v) is 7.03. The van der Waals surface area contributed by atoms with E-state index in [1.54, 1.807) is 88.5 Å². The summed E-state index contributed by atoms with van der Waals surface area (Å²) >= 11 is 6.18. The molecule has 3 aliphatic rings. The van der Waals surface area contributed by atoms with E-state index in [-0.39, 0.29) is 12.3 Å². The standard InChI is InChI=1S/C33H32ClN3O5/c1-19-6-14-23(15-7-19)35-30(40)33(18-20-8-12-22(34)13-9-20)26-25(28(38)37(29(26)39)32(2,3)4)27(36(33)31(35)41)21-10-16-24(42-5)17-11-21/h6-17,25-27H,18H2,1-5H3/t25?,26?,27?,33-/m1/s1. The molecule has 3 fully saturated rings. The number of halogens is 1. The van der Waals surface area contributed by atoms with E-state index in [4.69, 9.17) is 16.3 Å². The highest BCUT2D eigenvalue weighted by molar-refractivity contribution is 6.30. The average molecular weight is 586 g/mol. The van der Waals surface area contributed by atoms with Gasteiger partial charge in [-0.3, -0.25) is 19.3 Å². The Labute approximate surface area is 249 Å². The monoisotopic (exact) mass is 585 g/mol. The van der Waals surface area contributed by atoms with E-state index < -0.39 is 46.8 Å². The van der Waals surface area contributed by atoms with Crippen LogP contribution in [0.3, 0.4) is 0 Å². The SMILES string of the molecule is COc1ccc(C2C3C(=O)N(C(C)(C)C)C(=O)C3[C@]3(Cc4ccc(Cl)cc4)C(=O)N(c4ccc(C)cc4)C(=O)N23)cc1. The number of carbonyl (C=O) groups is 4. The van der Waals surface area contributed by atoms with E-state index in [1.807, 2.05) is 19.1 Å². The van der Waals surface area contributed by atoms with Crippen molar-refractivity contribution in [3.05, 3.63) is 94.5 Å². The summed E-state index contributed by atoms with van der Waals surface area (Å²) in [6, 6.07) is 19.8. The summed E-state index contributed by atoms with van der Waals surface area (Å²) in [5, 5.41) is 0.523. The van der Waals surface area contributed by atoms with Crippen LogP contribution >= 0.6 is 11.6 Å². The van der Waals surface area contributed by atoms with Gasteiger partial charge in [0.25, 0.3) is 5.91 Å². The molecule has 0 radical (unpaired) electrons. The maximum atomic E-state index is 14.8. The number of nitrogens with zero attached hydrogens (tertiary/aromatic N) is 3. The molecular formula is C33H32ClN3O5. The quantitative estimate of drug-likeness (QED) is 0.289. The topological polar surface area (TPSA) is 87.2 Å². The molecule has 42 heavy (non-hydrogen) atoms. The normalized spacial score (nSPS) is 25.4. The van der Waals surface area contributed by atoms with Gasteiger partial charge in [-0.05, 0) is 75.2 Å². The molecule has 5 amide bonds. The van der Waals surface area contributed by atoms with Crippen molar-refractivity contribution in [1.29, 1.82) is 0 Å². The van der Waals surface area contributed by atoms with E-state index >= 15 is 0 Å². The van der Waals surface area contributed by atoms with Gasteiger partial charge in [-0.15, -0.1) is 0 Å². The molecule has 3 heterocycles. The number of fused-ring (bicyclic) bond motifs is 3. The van der Waals surface area contributed by atoms with Gasteiger partial charge < -0.3 is 9.64 Å². The van der Waals surface area contributed by atoms with Gasteiger partial charge in [0.15, 0.2) is 0 Å². The summed E-state index contributed by atoms with van der Waals surface area (Å²) < 4.78 is 5.35. The van der Waals surface area contributed by atoms with Crippen molar-refractivity contribution in [2.75, 3.05) is 12.0 Å². The van der Waals surface area contributed by atoms with Crippen LogP contribution < -0.4 is 9.64 Å². The van der Waals surface area contributed by atoms with E-state index in [9.17, 15) is 19.2 Å². The van der Waals surface area contributed by atoms with Crippen LogP contribution in [0.15, 0.2) is 72.8 Å². The zero-order valence-corrected chi connectivity index (χ0v) is 24.9. The molecule has 4 atom stereocenters. The van der Waals surface area contributed by atoms with Crippen molar-refractivity contribution in [1.82, 2.24) is 9.80 Å². The van der Waals surface area contributed by atoms with Crippen LogP contribution in [0.4, 0.5) is 10.5 Å². The number of hydrogen-bond acceptors (Lipinski definition) is 5. The first-order valence-corrected chi connectivity index (χ1v) is 14.3. The van der Waals surface area contributed by atoms with Crippen molar-refractivity contribution in [3.8, 4) is 5.75 Å². The smallest absolute Gasteiger partial charge is 0.332 e. The fraction of sp³-hybridized carbons (Fsp3) is 0.333. The average Bonchev–Trinajstić information content (AvgIpc) is 3.48. The van der Waals surface area contributed by atoms with Crippen LogP contribution in [0.25, 0.3) is 0 Å². The molecule has 0 bridgehead atoms. The number of rotatable bonds is 5. The third kappa shape index (κ3) is 3.96. The molecule has 0 aliphatic carbocycles. The van der Waals surface area contributed by atoms with Crippen LogP contribution in [-0.4, -0.2) is 51.7 Å². The maximum Gasteiger partial charge on any atom is 0.332 e. The van der Waals surface area contributed by atoms with Crippen LogP contribution in [0, 0.1) is 18.8 Å². The van der Waals surface area contributed by atoms with Crippen molar-refractivity contribution in [2.45, 2.75) is 51.2 Å². The predicted molar refractivity (Wildman–Crippen MR) is 158 cm³/mol. The van der Waals surface area contributed by atoms with E-state index in [0.29, 0.717) is 22.0 Å².